The number of hydrogen-bond acceptors (Lipinski definition) is 4. The molecule has 84 valence electrons. The first-order valence-corrected chi connectivity index (χ1v) is 5.14. The number of imide groups is 1. The Labute approximate surface area is 93.3 Å². The number of rotatable bonds is 2. The van der Waals surface area contributed by atoms with Crippen molar-refractivity contribution < 1.29 is 9.59 Å². The zero-order chi connectivity index (χ0) is 11.5. The third-order valence-electron chi connectivity index (χ3n) is 2.56. The molecule has 1 fully saturated rings. The molecule has 0 radical (unpaired) electrons. The second-order valence-corrected chi connectivity index (χ2v) is 3.89. The Morgan fingerprint density at radius 2 is 2.19 bits per heavy atom. The molecule has 2 rings (SSSR count). The molecule has 2 amide bonds. The van der Waals surface area contributed by atoms with E-state index in [1.54, 1.807) is 24.5 Å². The van der Waals surface area contributed by atoms with Crippen molar-refractivity contribution in [1.29, 1.82) is 0 Å². The van der Waals surface area contributed by atoms with Crippen LogP contribution in [0, 0.1) is 0 Å². The average Bonchev–Trinajstić information content (AvgIpc) is 2.59. The minimum Gasteiger partial charge on any atom is -0.326 e. The van der Waals surface area contributed by atoms with Gasteiger partial charge in [0, 0.05) is 31.4 Å². The first-order chi connectivity index (χ1) is 7.66. The zero-order valence-electron chi connectivity index (χ0n) is 8.80. The molecule has 1 unspecified atom stereocenters. The predicted molar refractivity (Wildman–Crippen MR) is 57.3 cm³/mol. The van der Waals surface area contributed by atoms with Crippen molar-refractivity contribution in [3.05, 3.63) is 30.1 Å². The van der Waals surface area contributed by atoms with E-state index in [9.17, 15) is 9.59 Å². The lowest BCUT2D eigenvalue weighted by atomic mass is 10.2. The summed E-state index contributed by atoms with van der Waals surface area (Å²) in [6.07, 6.45) is 3.74. The summed E-state index contributed by atoms with van der Waals surface area (Å²) in [7, 11) is 0. The Balaban J connectivity index is 2.01. The van der Waals surface area contributed by atoms with Crippen LogP contribution in [0.25, 0.3) is 0 Å². The standard InChI is InChI=1S/C11H13N3O2/c12-9-6-11(16)14(7-9)10(15)5-8-1-3-13-4-2-8/h1-4,9H,5-7,12H2. The van der Waals surface area contributed by atoms with Crippen LogP contribution < -0.4 is 5.73 Å². The third-order valence-corrected chi connectivity index (χ3v) is 2.56. The van der Waals surface area contributed by atoms with Gasteiger partial charge in [-0.15, -0.1) is 0 Å². The maximum Gasteiger partial charge on any atom is 0.233 e. The van der Waals surface area contributed by atoms with Gasteiger partial charge in [0.1, 0.15) is 0 Å². The fraction of sp³-hybridized carbons (Fsp3) is 0.364. The highest BCUT2D eigenvalue weighted by molar-refractivity contribution is 5.98. The van der Waals surface area contributed by atoms with Gasteiger partial charge >= 0.3 is 0 Å². The van der Waals surface area contributed by atoms with Gasteiger partial charge in [-0.25, -0.2) is 0 Å². The fourth-order valence-corrected chi connectivity index (χ4v) is 1.75. The van der Waals surface area contributed by atoms with Crippen LogP contribution in [0.4, 0.5) is 0 Å². The van der Waals surface area contributed by atoms with Gasteiger partial charge in [-0.1, -0.05) is 0 Å². The van der Waals surface area contributed by atoms with E-state index in [0.717, 1.165) is 5.56 Å². The molecule has 2 N–H and O–H groups in total. The van der Waals surface area contributed by atoms with Crippen LogP contribution in [-0.2, 0) is 16.0 Å². The van der Waals surface area contributed by atoms with Crippen LogP contribution in [-0.4, -0.2) is 34.3 Å². The summed E-state index contributed by atoms with van der Waals surface area (Å²) in [4.78, 5) is 28.3. The number of carbonyl (C=O) groups excluding carboxylic acids is 2. The summed E-state index contributed by atoms with van der Waals surface area (Å²) in [6.45, 7) is 0.336. The average molecular weight is 219 g/mol. The Morgan fingerprint density at radius 1 is 1.50 bits per heavy atom. The van der Waals surface area contributed by atoms with E-state index in [4.69, 9.17) is 5.73 Å². The zero-order valence-corrected chi connectivity index (χ0v) is 8.80. The number of carbonyl (C=O) groups is 2. The Hall–Kier alpha value is -1.75. The van der Waals surface area contributed by atoms with Crippen LogP contribution in [0.2, 0.25) is 0 Å². The van der Waals surface area contributed by atoms with Gasteiger partial charge in [0.2, 0.25) is 11.8 Å². The minimum atomic E-state index is -0.214. The van der Waals surface area contributed by atoms with Gasteiger partial charge in [0.15, 0.2) is 0 Å². The van der Waals surface area contributed by atoms with Gasteiger partial charge < -0.3 is 5.73 Å². The summed E-state index contributed by atoms with van der Waals surface area (Å²) < 4.78 is 0. The van der Waals surface area contributed by atoms with Gasteiger partial charge in [0.05, 0.1) is 6.42 Å². The highest BCUT2D eigenvalue weighted by Crippen LogP contribution is 2.11. The Bertz CT molecular complexity index is 405. The molecule has 1 aliphatic heterocycles. The quantitative estimate of drug-likeness (QED) is 0.741. The third kappa shape index (κ3) is 2.25. The van der Waals surface area contributed by atoms with Crippen molar-refractivity contribution in [3.63, 3.8) is 0 Å². The SMILES string of the molecule is NC1CC(=O)N(C(=O)Cc2ccncc2)C1. The predicted octanol–water partition coefficient (Wildman–Crippen LogP) is -0.290. The Morgan fingerprint density at radius 3 is 2.75 bits per heavy atom. The Kier molecular flexibility index (Phi) is 2.96. The van der Waals surface area contributed by atoms with Crippen LogP contribution in [0.5, 0.6) is 0 Å². The molecule has 0 spiro atoms. The lowest BCUT2D eigenvalue weighted by Gasteiger charge is -2.13. The summed E-state index contributed by atoms with van der Waals surface area (Å²) in [5.41, 5.74) is 6.48. The van der Waals surface area contributed by atoms with Crippen LogP contribution in [0.3, 0.4) is 0 Å². The topological polar surface area (TPSA) is 76.3 Å². The normalized spacial score (nSPS) is 20.2. The van der Waals surface area contributed by atoms with Crippen molar-refractivity contribution in [1.82, 2.24) is 9.88 Å². The monoisotopic (exact) mass is 219 g/mol. The van der Waals surface area contributed by atoms with E-state index in [2.05, 4.69) is 4.98 Å². The minimum absolute atomic E-state index is 0.174. The van der Waals surface area contributed by atoms with E-state index < -0.39 is 0 Å². The van der Waals surface area contributed by atoms with E-state index in [-0.39, 0.29) is 30.7 Å². The van der Waals surface area contributed by atoms with Gasteiger partial charge in [-0.3, -0.25) is 19.5 Å². The smallest absolute Gasteiger partial charge is 0.233 e. The van der Waals surface area contributed by atoms with Crippen molar-refractivity contribution in [2.24, 2.45) is 5.73 Å². The number of hydrogen-bond donors (Lipinski definition) is 1. The molecule has 1 aromatic rings. The highest BCUT2D eigenvalue weighted by Gasteiger charge is 2.31. The second kappa shape index (κ2) is 4.40. The number of amides is 2. The van der Waals surface area contributed by atoms with Gasteiger partial charge in [-0.2, -0.15) is 0 Å². The number of nitrogens with zero attached hydrogens (tertiary/aromatic N) is 2. The van der Waals surface area contributed by atoms with E-state index in [1.807, 2.05) is 0 Å². The van der Waals surface area contributed by atoms with Gasteiger partial charge in [-0.05, 0) is 17.7 Å². The van der Waals surface area contributed by atoms with Crippen LogP contribution in [0.15, 0.2) is 24.5 Å². The molecule has 1 aromatic heterocycles. The van der Waals surface area contributed by atoms with E-state index in [1.165, 1.54) is 4.90 Å². The summed E-state index contributed by atoms with van der Waals surface area (Å²) >= 11 is 0. The molecule has 0 aromatic carbocycles. The molecule has 5 heteroatoms. The molecule has 16 heavy (non-hydrogen) atoms. The lowest BCUT2D eigenvalue weighted by molar-refractivity contribution is -0.141. The maximum atomic E-state index is 11.8. The van der Waals surface area contributed by atoms with Crippen molar-refractivity contribution in [2.45, 2.75) is 18.9 Å². The van der Waals surface area contributed by atoms with E-state index >= 15 is 0 Å². The molecule has 0 bridgehead atoms. The number of pyridine rings is 1. The summed E-state index contributed by atoms with van der Waals surface area (Å²) in [6, 6.07) is 3.31. The maximum absolute atomic E-state index is 11.8. The first kappa shape index (κ1) is 10.8. The molecular weight excluding hydrogens is 206 g/mol. The number of likely N-dealkylation sites (tertiary alicyclic amines) is 1. The fourth-order valence-electron chi connectivity index (χ4n) is 1.75. The lowest BCUT2D eigenvalue weighted by Crippen LogP contribution is -2.35. The molecule has 0 aliphatic carbocycles. The first-order valence-electron chi connectivity index (χ1n) is 5.14. The molecule has 1 aliphatic rings. The number of aromatic nitrogens is 1. The second-order valence-electron chi connectivity index (χ2n) is 3.89. The van der Waals surface area contributed by atoms with Crippen LogP contribution in [0.1, 0.15) is 12.0 Å². The molecule has 0 saturated carbocycles. The molecule has 5 nitrogen and oxygen atoms in total. The molecule has 2 heterocycles. The van der Waals surface area contributed by atoms with Crippen molar-refractivity contribution in [3.8, 4) is 0 Å². The molecular formula is C11H13N3O2. The largest absolute Gasteiger partial charge is 0.326 e. The van der Waals surface area contributed by atoms with Crippen molar-refractivity contribution >= 4 is 11.8 Å². The molecule has 1 saturated heterocycles. The summed E-state index contributed by atoms with van der Waals surface area (Å²) in [5, 5.41) is 0. The van der Waals surface area contributed by atoms with Gasteiger partial charge in [0.25, 0.3) is 0 Å². The van der Waals surface area contributed by atoms with E-state index in [0.29, 0.717) is 6.54 Å². The highest BCUT2D eigenvalue weighted by atomic mass is 16.2. The molecule has 1 atom stereocenters. The van der Waals surface area contributed by atoms with Crippen LogP contribution >= 0.6 is 0 Å². The number of nitrogens with two attached hydrogens (primary N) is 1. The summed E-state index contributed by atoms with van der Waals surface area (Å²) in [5.74, 6) is -0.365. The van der Waals surface area contributed by atoms with Crippen molar-refractivity contribution in [2.75, 3.05) is 6.54 Å².